The minimum Gasteiger partial charge on any atom is -0.497 e. The van der Waals surface area contributed by atoms with Crippen LogP contribution in [0.5, 0.6) is 5.75 Å². The number of benzene rings is 1. The second kappa shape index (κ2) is 8.98. The zero-order valence-corrected chi connectivity index (χ0v) is 13.6. The number of nitrogens with zero attached hydrogens (tertiary/aromatic N) is 1. The van der Waals surface area contributed by atoms with Gasteiger partial charge in [0.25, 0.3) is 0 Å². The van der Waals surface area contributed by atoms with Gasteiger partial charge in [0.05, 0.1) is 7.11 Å². The zero-order valence-electron chi connectivity index (χ0n) is 13.6. The van der Waals surface area contributed by atoms with Crippen LogP contribution in [-0.4, -0.2) is 38.7 Å². The summed E-state index contributed by atoms with van der Waals surface area (Å²) in [6.45, 7) is 5.48. The van der Waals surface area contributed by atoms with Crippen molar-refractivity contribution in [1.82, 2.24) is 10.2 Å². The molecule has 0 saturated heterocycles. The Kier molecular flexibility index (Phi) is 7.63. The normalized spacial score (nSPS) is 14.3. The molecule has 20 heavy (non-hydrogen) atoms. The van der Waals surface area contributed by atoms with Crippen LogP contribution in [0.3, 0.4) is 0 Å². The van der Waals surface area contributed by atoms with E-state index in [9.17, 15) is 0 Å². The van der Waals surface area contributed by atoms with E-state index in [1.54, 1.807) is 7.11 Å². The third kappa shape index (κ3) is 5.51. The third-order valence-corrected chi connectivity index (χ3v) is 3.75. The standard InChI is InChI=1S/C17H30N2O/c1-6-7-9-14(2)18-13-17(19(3)4)15-10-8-11-16(12-15)20-5/h8,10-12,14,17-18H,6-7,9,13H2,1-5H3. The van der Waals surface area contributed by atoms with Crippen LogP contribution in [0.2, 0.25) is 0 Å². The van der Waals surface area contributed by atoms with E-state index < -0.39 is 0 Å². The van der Waals surface area contributed by atoms with Crippen LogP contribution in [0, 0.1) is 0 Å². The summed E-state index contributed by atoms with van der Waals surface area (Å²) in [5.41, 5.74) is 1.30. The summed E-state index contributed by atoms with van der Waals surface area (Å²) in [4.78, 5) is 2.26. The summed E-state index contributed by atoms with van der Waals surface area (Å²) < 4.78 is 5.32. The molecular formula is C17H30N2O. The molecule has 0 bridgehead atoms. The number of hydrogen-bond acceptors (Lipinski definition) is 3. The predicted octanol–water partition coefficient (Wildman–Crippen LogP) is 3.47. The summed E-state index contributed by atoms with van der Waals surface area (Å²) in [6.07, 6.45) is 3.80. The Hall–Kier alpha value is -1.06. The van der Waals surface area contributed by atoms with Crippen LogP contribution in [0.1, 0.15) is 44.7 Å². The number of hydrogen-bond donors (Lipinski definition) is 1. The molecule has 0 spiro atoms. The van der Waals surface area contributed by atoms with E-state index >= 15 is 0 Å². The molecule has 1 N–H and O–H groups in total. The Bertz CT molecular complexity index is 379. The summed E-state index contributed by atoms with van der Waals surface area (Å²) in [6, 6.07) is 9.30. The lowest BCUT2D eigenvalue weighted by atomic mass is 10.0. The SMILES string of the molecule is CCCCC(C)NCC(c1cccc(OC)c1)N(C)C. The van der Waals surface area contributed by atoms with Crippen molar-refractivity contribution in [2.75, 3.05) is 27.7 Å². The highest BCUT2D eigenvalue weighted by Gasteiger charge is 2.15. The van der Waals surface area contributed by atoms with Crippen molar-refractivity contribution in [3.63, 3.8) is 0 Å². The number of unbranched alkanes of at least 4 members (excludes halogenated alkanes) is 1. The number of methoxy groups -OCH3 is 1. The Morgan fingerprint density at radius 2 is 2.05 bits per heavy atom. The van der Waals surface area contributed by atoms with Gasteiger partial charge in [0.2, 0.25) is 0 Å². The molecule has 0 fully saturated rings. The summed E-state index contributed by atoms with van der Waals surface area (Å²) in [5.74, 6) is 0.924. The summed E-state index contributed by atoms with van der Waals surface area (Å²) >= 11 is 0. The van der Waals surface area contributed by atoms with Gasteiger partial charge in [0.1, 0.15) is 5.75 Å². The topological polar surface area (TPSA) is 24.5 Å². The minimum atomic E-state index is 0.370. The Morgan fingerprint density at radius 3 is 2.65 bits per heavy atom. The van der Waals surface area contributed by atoms with Crippen LogP contribution in [0.15, 0.2) is 24.3 Å². The highest BCUT2D eigenvalue weighted by Crippen LogP contribution is 2.22. The van der Waals surface area contributed by atoms with Crippen molar-refractivity contribution in [2.24, 2.45) is 0 Å². The molecule has 1 aromatic carbocycles. The van der Waals surface area contributed by atoms with Crippen molar-refractivity contribution < 1.29 is 4.74 Å². The maximum Gasteiger partial charge on any atom is 0.119 e. The molecule has 1 aromatic rings. The second-order valence-electron chi connectivity index (χ2n) is 5.71. The quantitative estimate of drug-likeness (QED) is 0.748. The Morgan fingerprint density at radius 1 is 1.30 bits per heavy atom. The first-order valence-corrected chi connectivity index (χ1v) is 7.62. The molecule has 2 atom stereocenters. The molecule has 2 unspecified atom stereocenters. The molecule has 0 heterocycles. The first-order valence-electron chi connectivity index (χ1n) is 7.62. The van der Waals surface area contributed by atoms with Gasteiger partial charge in [-0.25, -0.2) is 0 Å². The van der Waals surface area contributed by atoms with Gasteiger partial charge in [-0.2, -0.15) is 0 Å². The monoisotopic (exact) mass is 278 g/mol. The van der Waals surface area contributed by atoms with Crippen molar-refractivity contribution in [3.8, 4) is 5.75 Å². The van der Waals surface area contributed by atoms with E-state index in [2.05, 4.69) is 56.4 Å². The Balaban J connectivity index is 2.64. The lowest BCUT2D eigenvalue weighted by Crippen LogP contribution is -2.35. The smallest absolute Gasteiger partial charge is 0.119 e. The summed E-state index contributed by atoms with van der Waals surface area (Å²) in [5, 5.41) is 3.65. The van der Waals surface area contributed by atoms with E-state index in [1.807, 2.05) is 6.07 Å². The molecule has 3 nitrogen and oxygen atoms in total. The lowest BCUT2D eigenvalue weighted by Gasteiger charge is -2.27. The van der Waals surface area contributed by atoms with Crippen LogP contribution < -0.4 is 10.1 Å². The highest BCUT2D eigenvalue weighted by atomic mass is 16.5. The molecule has 0 aliphatic heterocycles. The van der Waals surface area contributed by atoms with E-state index in [-0.39, 0.29) is 0 Å². The van der Waals surface area contributed by atoms with Gasteiger partial charge in [-0.3, -0.25) is 0 Å². The van der Waals surface area contributed by atoms with Gasteiger partial charge in [0.15, 0.2) is 0 Å². The fraction of sp³-hybridized carbons (Fsp3) is 0.647. The molecular weight excluding hydrogens is 248 g/mol. The van der Waals surface area contributed by atoms with Gasteiger partial charge < -0.3 is 15.0 Å². The van der Waals surface area contributed by atoms with Crippen LogP contribution >= 0.6 is 0 Å². The predicted molar refractivity (Wildman–Crippen MR) is 86.4 cm³/mol. The fourth-order valence-corrected chi connectivity index (χ4v) is 2.37. The summed E-state index contributed by atoms with van der Waals surface area (Å²) in [7, 11) is 5.97. The van der Waals surface area contributed by atoms with Crippen molar-refractivity contribution in [2.45, 2.75) is 45.2 Å². The van der Waals surface area contributed by atoms with E-state index in [0.29, 0.717) is 12.1 Å². The third-order valence-electron chi connectivity index (χ3n) is 3.75. The van der Waals surface area contributed by atoms with Crippen molar-refractivity contribution in [1.29, 1.82) is 0 Å². The van der Waals surface area contributed by atoms with Gasteiger partial charge in [-0.15, -0.1) is 0 Å². The van der Waals surface area contributed by atoms with Gasteiger partial charge in [-0.05, 0) is 45.1 Å². The van der Waals surface area contributed by atoms with E-state index in [4.69, 9.17) is 4.74 Å². The van der Waals surface area contributed by atoms with Crippen LogP contribution in [0.25, 0.3) is 0 Å². The fourth-order valence-electron chi connectivity index (χ4n) is 2.37. The molecule has 3 heteroatoms. The zero-order chi connectivity index (χ0) is 15.0. The average Bonchev–Trinajstić information content (AvgIpc) is 2.45. The van der Waals surface area contributed by atoms with Gasteiger partial charge >= 0.3 is 0 Å². The number of nitrogens with one attached hydrogen (secondary N) is 1. The van der Waals surface area contributed by atoms with E-state index in [0.717, 1.165) is 12.3 Å². The van der Waals surface area contributed by atoms with Gasteiger partial charge in [-0.1, -0.05) is 31.9 Å². The maximum absolute atomic E-state index is 5.32. The molecule has 0 saturated carbocycles. The second-order valence-corrected chi connectivity index (χ2v) is 5.71. The van der Waals surface area contributed by atoms with Crippen molar-refractivity contribution in [3.05, 3.63) is 29.8 Å². The number of rotatable bonds is 9. The maximum atomic E-state index is 5.32. The number of likely N-dealkylation sites (N-methyl/N-ethyl adjacent to an activating group) is 1. The molecule has 0 aromatic heterocycles. The highest BCUT2D eigenvalue weighted by molar-refractivity contribution is 5.30. The molecule has 0 radical (unpaired) electrons. The van der Waals surface area contributed by atoms with Crippen molar-refractivity contribution >= 4 is 0 Å². The molecule has 114 valence electrons. The first-order chi connectivity index (χ1) is 9.58. The average molecular weight is 278 g/mol. The first kappa shape index (κ1) is 17.0. The molecule has 0 amide bonds. The number of ether oxygens (including phenoxy) is 1. The Labute approximate surface area is 124 Å². The largest absolute Gasteiger partial charge is 0.497 e. The van der Waals surface area contributed by atoms with Crippen LogP contribution in [0.4, 0.5) is 0 Å². The van der Waals surface area contributed by atoms with E-state index in [1.165, 1.54) is 24.8 Å². The van der Waals surface area contributed by atoms with Gasteiger partial charge in [0, 0.05) is 18.6 Å². The van der Waals surface area contributed by atoms with Crippen LogP contribution in [-0.2, 0) is 0 Å². The molecule has 0 aliphatic rings. The molecule has 1 rings (SSSR count). The minimum absolute atomic E-state index is 0.370. The lowest BCUT2D eigenvalue weighted by molar-refractivity contribution is 0.278. The molecule has 0 aliphatic carbocycles.